The summed E-state index contributed by atoms with van der Waals surface area (Å²) in [5.41, 5.74) is 4.25. The lowest BCUT2D eigenvalue weighted by Gasteiger charge is -2.13. The Kier molecular flexibility index (Phi) is 5.08. The molecule has 0 bridgehead atoms. The SMILES string of the molecule is Cc1cccc(CC(=O)C(C)c2ccc(-c3ccccc3)c(F)c2)c1. The van der Waals surface area contributed by atoms with E-state index in [-0.39, 0.29) is 17.5 Å². The fraction of sp³-hybridized carbons (Fsp3) is 0.174. The molecule has 0 fully saturated rings. The second kappa shape index (κ2) is 7.43. The molecule has 0 saturated heterocycles. The van der Waals surface area contributed by atoms with Crippen molar-refractivity contribution >= 4 is 5.78 Å². The molecule has 126 valence electrons. The third kappa shape index (κ3) is 4.03. The fourth-order valence-corrected chi connectivity index (χ4v) is 3.01. The molecule has 0 aliphatic rings. The van der Waals surface area contributed by atoms with Crippen LogP contribution in [-0.2, 0) is 11.2 Å². The zero-order chi connectivity index (χ0) is 17.8. The van der Waals surface area contributed by atoms with E-state index in [0.717, 1.165) is 22.3 Å². The highest BCUT2D eigenvalue weighted by Gasteiger charge is 2.17. The smallest absolute Gasteiger partial charge is 0.144 e. The van der Waals surface area contributed by atoms with Gasteiger partial charge < -0.3 is 0 Å². The second-order valence-corrected chi connectivity index (χ2v) is 6.46. The van der Waals surface area contributed by atoms with Gasteiger partial charge >= 0.3 is 0 Å². The number of aryl methyl sites for hydroxylation is 1. The first-order valence-electron chi connectivity index (χ1n) is 8.47. The highest BCUT2D eigenvalue weighted by molar-refractivity contribution is 5.87. The van der Waals surface area contributed by atoms with Gasteiger partial charge in [-0.15, -0.1) is 0 Å². The van der Waals surface area contributed by atoms with Crippen molar-refractivity contribution < 1.29 is 9.18 Å². The Balaban J connectivity index is 1.79. The molecule has 0 amide bonds. The van der Waals surface area contributed by atoms with Crippen LogP contribution >= 0.6 is 0 Å². The summed E-state index contributed by atoms with van der Waals surface area (Å²) in [4.78, 5) is 12.6. The highest BCUT2D eigenvalue weighted by Crippen LogP contribution is 2.27. The van der Waals surface area contributed by atoms with E-state index in [9.17, 15) is 9.18 Å². The maximum absolute atomic E-state index is 14.5. The first-order valence-corrected chi connectivity index (χ1v) is 8.47. The summed E-state index contributed by atoms with van der Waals surface area (Å²) in [6.45, 7) is 3.85. The van der Waals surface area contributed by atoms with Crippen LogP contribution in [0.3, 0.4) is 0 Å². The van der Waals surface area contributed by atoms with Crippen LogP contribution in [0.2, 0.25) is 0 Å². The van der Waals surface area contributed by atoms with E-state index in [1.54, 1.807) is 6.07 Å². The number of carbonyl (C=O) groups is 1. The Morgan fingerprint density at radius 1 is 0.960 bits per heavy atom. The molecule has 1 atom stereocenters. The van der Waals surface area contributed by atoms with Gasteiger partial charge in [-0.05, 0) is 29.7 Å². The molecule has 1 unspecified atom stereocenters. The largest absolute Gasteiger partial charge is 0.299 e. The van der Waals surface area contributed by atoms with Crippen molar-refractivity contribution in [2.45, 2.75) is 26.2 Å². The van der Waals surface area contributed by atoms with E-state index in [1.165, 1.54) is 6.07 Å². The molecule has 0 aliphatic carbocycles. The summed E-state index contributed by atoms with van der Waals surface area (Å²) in [7, 11) is 0. The van der Waals surface area contributed by atoms with Crippen molar-refractivity contribution in [1.29, 1.82) is 0 Å². The predicted molar refractivity (Wildman–Crippen MR) is 100 cm³/mol. The molecule has 3 aromatic carbocycles. The molecule has 0 spiro atoms. The summed E-state index contributed by atoms with van der Waals surface area (Å²) < 4.78 is 14.5. The van der Waals surface area contributed by atoms with Crippen LogP contribution < -0.4 is 0 Å². The summed E-state index contributed by atoms with van der Waals surface area (Å²) in [6, 6.07) is 22.5. The molecule has 25 heavy (non-hydrogen) atoms. The Morgan fingerprint density at radius 2 is 1.72 bits per heavy atom. The van der Waals surface area contributed by atoms with Crippen molar-refractivity contribution in [2.75, 3.05) is 0 Å². The number of carbonyl (C=O) groups excluding carboxylic acids is 1. The van der Waals surface area contributed by atoms with E-state index in [1.807, 2.05) is 74.5 Å². The first kappa shape index (κ1) is 17.1. The van der Waals surface area contributed by atoms with Crippen LogP contribution in [0.15, 0.2) is 72.8 Å². The maximum Gasteiger partial charge on any atom is 0.144 e. The molecular weight excluding hydrogens is 311 g/mol. The average Bonchev–Trinajstić information content (AvgIpc) is 2.61. The van der Waals surface area contributed by atoms with Gasteiger partial charge in [-0.1, -0.05) is 79.2 Å². The number of benzene rings is 3. The third-order valence-corrected chi connectivity index (χ3v) is 4.52. The fourth-order valence-electron chi connectivity index (χ4n) is 3.01. The van der Waals surface area contributed by atoms with Gasteiger partial charge in [-0.2, -0.15) is 0 Å². The van der Waals surface area contributed by atoms with Crippen molar-refractivity contribution in [3.63, 3.8) is 0 Å². The van der Waals surface area contributed by atoms with E-state index >= 15 is 0 Å². The van der Waals surface area contributed by atoms with Crippen molar-refractivity contribution in [3.05, 3.63) is 95.3 Å². The highest BCUT2D eigenvalue weighted by atomic mass is 19.1. The van der Waals surface area contributed by atoms with Gasteiger partial charge in [0, 0.05) is 17.9 Å². The molecule has 2 heteroatoms. The Hall–Kier alpha value is -2.74. The molecule has 0 aliphatic heterocycles. The van der Waals surface area contributed by atoms with E-state index < -0.39 is 0 Å². The van der Waals surface area contributed by atoms with E-state index in [4.69, 9.17) is 0 Å². The number of halogens is 1. The lowest BCUT2D eigenvalue weighted by molar-refractivity contribution is -0.119. The van der Waals surface area contributed by atoms with E-state index in [2.05, 4.69) is 0 Å². The van der Waals surface area contributed by atoms with Crippen LogP contribution in [0.4, 0.5) is 4.39 Å². The minimum Gasteiger partial charge on any atom is -0.299 e. The summed E-state index contributed by atoms with van der Waals surface area (Å²) in [6.07, 6.45) is 0.366. The van der Waals surface area contributed by atoms with Crippen LogP contribution in [-0.4, -0.2) is 5.78 Å². The number of Topliss-reactive ketones (excluding diaryl/α,β-unsaturated/α-hetero) is 1. The van der Waals surface area contributed by atoms with Crippen molar-refractivity contribution in [1.82, 2.24) is 0 Å². The number of hydrogen-bond donors (Lipinski definition) is 0. The standard InChI is InChI=1S/C23H21FO/c1-16-7-6-8-18(13-16)14-23(25)17(2)20-11-12-21(22(24)15-20)19-9-4-3-5-10-19/h3-13,15,17H,14H2,1-2H3. The van der Waals surface area contributed by atoms with Gasteiger partial charge in [0.05, 0.1) is 0 Å². The molecule has 0 N–H and O–H groups in total. The second-order valence-electron chi connectivity index (χ2n) is 6.46. The molecular formula is C23H21FO. The van der Waals surface area contributed by atoms with Crippen molar-refractivity contribution in [2.24, 2.45) is 0 Å². The van der Waals surface area contributed by atoms with Gasteiger partial charge in [0.1, 0.15) is 11.6 Å². The maximum atomic E-state index is 14.5. The van der Waals surface area contributed by atoms with Gasteiger partial charge in [-0.3, -0.25) is 4.79 Å². The minimum absolute atomic E-state index is 0.0949. The monoisotopic (exact) mass is 332 g/mol. The van der Waals surface area contributed by atoms with Crippen molar-refractivity contribution in [3.8, 4) is 11.1 Å². The van der Waals surface area contributed by atoms with Crippen LogP contribution in [0.5, 0.6) is 0 Å². The lowest BCUT2D eigenvalue weighted by Crippen LogP contribution is -2.12. The minimum atomic E-state index is -0.333. The Morgan fingerprint density at radius 3 is 2.40 bits per heavy atom. The Bertz CT molecular complexity index is 884. The third-order valence-electron chi connectivity index (χ3n) is 4.52. The number of hydrogen-bond acceptors (Lipinski definition) is 1. The van der Waals surface area contributed by atoms with Gasteiger partial charge in [0.25, 0.3) is 0 Å². The summed E-state index contributed by atoms with van der Waals surface area (Å²) >= 11 is 0. The zero-order valence-electron chi connectivity index (χ0n) is 14.5. The van der Waals surface area contributed by atoms with Gasteiger partial charge in [-0.25, -0.2) is 4.39 Å². The molecule has 0 saturated carbocycles. The average molecular weight is 332 g/mol. The van der Waals surface area contributed by atoms with Crippen LogP contribution in [0.1, 0.15) is 29.5 Å². The topological polar surface area (TPSA) is 17.1 Å². The van der Waals surface area contributed by atoms with Gasteiger partial charge in [0.15, 0.2) is 0 Å². The molecule has 0 aromatic heterocycles. The number of ketones is 1. The first-order chi connectivity index (χ1) is 12.0. The molecule has 0 radical (unpaired) electrons. The van der Waals surface area contributed by atoms with Crippen LogP contribution in [0.25, 0.3) is 11.1 Å². The molecule has 3 rings (SSSR count). The van der Waals surface area contributed by atoms with Crippen LogP contribution in [0, 0.1) is 12.7 Å². The molecule has 1 nitrogen and oxygen atoms in total. The Labute approximate surface area is 148 Å². The summed E-state index contributed by atoms with van der Waals surface area (Å²) in [5.74, 6) is -0.531. The quantitative estimate of drug-likeness (QED) is 0.584. The summed E-state index contributed by atoms with van der Waals surface area (Å²) in [5, 5.41) is 0. The predicted octanol–water partition coefficient (Wildman–Crippen LogP) is 5.72. The van der Waals surface area contributed by atoms with Gasteiger partial charge in [0.2, 0.25) is 0 Å². The lowest BCUT2D eigenvalue weighted by atomic mass is 9.91. The van der Waals surface area contributed by atoms with E-state index in [0.29, 0.717) is 12.0 Å². The normalized spacial score (nSPS) is 12.0. The zero-order valence-corrected chi connectivity index (χ0v) is 14.5. The molecule has 0 heterocycles. The number of rotatable bonds is 5. The molecule has 3 aromatic rings.